The highest BCUT2D eigenvalue weighted by Crippen LogP contribution is 2.18. The number of benzene rings is 1. The van der Waals surface area contributed by atoms with Crippen LogP contribution in [0.25, 0.3) is 0 Å². The maximum atomic E-state index is 12.7. The molecule has 2 amide bonds. The Bertz CT molecular complexity index is 855. The zero-order chi connectivity index (χ0) is 18.5. The summed E-state index contributed by atoms with van der Waals surface area (Å²) in [5.74, 6) is 0.0597. The Morgan fingerprint density at radius 3 is 2.65 bits per heavy atom. The van der Waals surface area contributed by atoms with Crippen molar-refractivity contribution in [1.82, 2.24) is 9.88 Å². The van der Waals surface area contributed by atoms with Crippen molar-refractivity contribution in [2.45, 2.75) is 19.8 Å². The van der Waals surface area contributed by atoms with Gasteiger partial charge in [-0.2, -0.15) is 5.26 Å². The zero-order valence-electron chi connectivity index (χ0n) is 14.6. The summed E-state index contributed by atoms with van der Waals surface area (Å²) in [6, 6.07) is 10.2. The lowest BCUT2D eigenvalue weighted by Crippen LogP contribution is -2.39. The molecule has 1 saturated heterocycles. The number of rotatable bonds is 3. The van der Waals surface area contributed by atoms with Crippen LogP contribution in [0.15, 0.2) is 42.7 Å². The predicted octanol–water partition coefficient (Wildman–Crippen LogP) is 3.08. The predicted molar refractivity (Wildman–Crippen MR) is 97.6 cm³/mol. The Morgan fingerprint density at radius 2 is 1.96 bits per heavy atom. The molecule has 1 fully saturated rings. The molecule has 0 spiro atoms. The number of hydrogen-bond acceptors (Lipinski definition) is 4. The van der Waals surface area contributed by atoms with Crippen LogP contribution in [0, 0.1) is 17.2 Å². The van der Waals surface area contributed by atoms with Crippen molar-refractivity contribution in [2.75, 3.05) is 18.4 Å². The average Bonchev–Trinajstić information content (AvgIpc) is 2.68. The number of aromatic nitrogens is 1. The molecule has 0 bridgehead atoms. The number of pyridine rings is 1. The molecule has 1 aliphatic heterocycles. The van der Waals surface area contributed by atoms with Gasteiger partial charge in [-0.1, -0.05) is 6.92 Å². The standard InChI is InChI=1S/C20H20N4O2/c1-14-3-2-8-24(13-14)20(26)17-9-16(11-22-12-17)19(25)23-18-6-4-15(10-21)5-7-18/h4-7,9,11-12,14H,2-3,8,13H2,1H3,(H,23,25). The molecule has 26 heavy (non-hydrogen) atoms. The van der Waals surface area contributed by atoms with Crippen LogP contribution in [0.4, 0.5) is 5.69 Å². The van der Waals surface area contributed by atoms with E-state index in [0.717, 1.165) is 25.9 Å². The summed E-state index contributed by atoms with van der Waals surface area (Å²) >= 11 is 0. The highest BCUT2D eigenvalue weighted by molar-refractivity contribution is 6.05. The molecule has 2 heterocycles. The maximum Gasteiger partial charge on any atom is 0.257 e. The molecule has 1 aromatic carbocycles. The van der Waals surface area contributed by atoms with E-state index in [1.807, 2.05) is 11.0 Å². The van der Waals surface area contributed by atoms with Gasteiger partial charge in [-0.3, -0.25) is 14.6 Å². The van der Waals surface area contributed by atoms with Gasteiger partial charge < -0.3 is 10.2 Å². The van der Waals surface area contributed by atoms with Crippen molar-refractivity contribution < 1.29 is 9.59 Å². The van der Waals surface area contributed by atoms with Gasteiger partial charge in [0.05, 0.1) is 22.8 Å². The molecule has 1 aliphatic rings. The van der Waals surface area contributed by atoms with Gasteiger partial charge in [-0.25, -0.2) is 0 Å². The Kier molecular flexibility index (Phi) is 5.28. The van der Waals surface area contributed by atoms with E-state index in [2.05, 4.69) is 17.2 Å². The molecule has 0 aliphatic carbocycles. The van der Waals surface area contributed by atoms with E-state index < -0.39 is 0 Å². The maximum absolute atomic E-state index is 12.7. The first-order valence-corrected chi connectivity index (χ1v) is 8.62. The van der Waals surface area contributed by atoms with Crippen LogP contribution in [0.1, 0.15) is 46.0 Å². The molecule has 6 nitrogen and oxygen atoms in total. The van der Waals surface area contributed by atoms with E-state index >= 15 is 0 Å². The van der Waals surface area contributed by atoms with Crippen molar-refractivity contribution in [1.29, 1.82) is 5.26 Å². The quantitative estimate of drug-likeness (QED) is 0.923. The summed E-state index contributed by atoms with van der Waals surface area (Å²) in [6.45, 7) is 3.62. The van der Waals surface area contributed by atoms with Crippen LogP contribution in [-0.2, 0) is 0 Å². The zero-order valence-corrected chi connectivity index (χ0v) is 14.6. The van der Waals surface area contributed by atoms with E-state index in [1.165, 1.54) is 12.4 Å². The summed E-state index contributed by atoms with van der Waals surface area (Å²) in [5.41, 5.74) is 1.85. The number of nitriles is 1. The first-order valence-electron chi connectivity index (χ1n) is 8.62. The first kappa shape index (κ1) is 17.6. The second-order valence-electron chi connectivity index (χ2n) is 6.60. The second kappa shape index (κ2) is 7.79. The third-order valence-corrected chi connectivity index (χ3v) is 4.46. The molecule has 1 atom stereocenters. The van der Waals surface area contributed by atoms with Gasteiger partial charge in [0, 0.05) is 31.2 Å². The molecule has 1 unspecified atom stereocenters. The fourth-order valence-electron chi connectivity index (χ4n) is 3.07. The molecule has 1 N–H and O–H groups in total. The van der Waals surface area contributed by atoms with Crippen molar-refractivity contribution >= 4 is 17.5 Å². The van der Waals surface area contributed by atoms with E-state index in [1.54, 1.807) is 30.3 Å². The van der Waals surface area contributed by atoms with Gasteiger partial charge >= 0.3 is 0 Å². The van der Waals surface area contributed by atoms with E-state index in [4.69, 9.17) is 5.26 Å². The first-order chi connectivity index (χ1) is 12.6. The lowest BCUT2D eigenvalue weighted by atomic mass is 9.99. The van der Waals surface area contributed by atoms with Gasteiger partial charge in [-0.15, -0.1) is 0 Å². The molecular weight excluding hydrogens is 328 g/mol. The highest BCUT2D eigenvalue weighted by atomic mass is 16.2. The fraction of sp³-hybridized carbons (Fsp3) is 0.300. The van der Waals surface area contributed by atoms with E-state index in [-0.39, 0.29) is 11.8 Å². The molecule has 0 saturated carbocycles. The number of likely N-dealkylation sites (tertiary alicyclic amines) is 1. The van der Waals surface area contributed by atoms with Crippen LogP contribution < -0.4 is 5.32 Å². The third-order valence-electron chi connectivity index (χ3n) is 4.46. The van der Waals surface area contributed by atoms with Crippen LogP contribution in [0.2, 0.25) is 0 Å². The van der Waals surface area contributed by atoms with Crippen LogP contribution in [-0.4, -0.2) is 34.8 Å². The van der Waals surface area contributed by atoms with Crippen LogP contribution in [0.5, 0.6) is 0 Å². The Morgan fingerprint density at radius 1 is 1.23 bits per heavy atom. The summed E-state index contributed by atoms with van der Waals surface area (Å²) < 4.78 is 0. The topological polar surface area (TPSA) is 86.1 Å². The normalized spacial score (nSPS) is 16.6. The molecule has 132 valence electrons. The minimum atomic E-state index is -0.344. The van der Waals surface area contributed by atoms with Gasteiger partial charge in [0.1, 0.15) is 0 Å². The van der Waals surface area contributed by atoms with Gasteiger partial charge in [-0.05, 0) is 49.1 Å². The summed E-state index contributed by atoms with van der Waals surface area (Å²) in [4.78, 5) is 31.0. The molecule has 1 aromatic heterocycles. The number of carbonyl (C=O) groups is 2. The SMILES string of the molecule is CC1CCCN(C(=O)c2cncc(C(=O)Nc3ccc(C#N)cc3)c2)C1. The number of anilines is 1. The van der Waals surface area contributed by atoms with E-state index in [0.29, 0.717) is 28.3 Å². The molecule has 0 radical (unpaired) electrons. The number of hydrogen-bond donors (Lipinski definition) is 1. The monoisotopic (exact) mass is 348 g/mol. The van der Waals surface area contributed by atoms with Crippen molar-refractivity contribution in [3.8, 4) is 6.07 Å². The van der Waals surface area contributed by atoms with Crippen molar-refractivity contribution in [2.24, 2.45) is 5.92 Å². The van der Waals surface area contributed by atoms with E-state index in [9.17, 15) is 9.59 Å². The van der Waals surface area contributed by atoms with Crippen LogP contribution >= 0.6 is 0 Å². The summed E-state index contributed by atoms with van der Waals surface area (Å²) in [6.07, 6.45) is 5.07. The summed E-state index contributed by atoms with van der Waals surface area (Å²) in [5, 5.41) is 11.6. The number of piperidine rings is 1. The number of amides is 2. The smallest absolute Gasteiger partial charge is 0.257 e. The molecule has 2 aromatic rings. The second-order valence-corrected chi connectivity index (χ2v) is 6.60. The molecular formula is C20H20N4O2. The largest absolute Gasteiger partial charge is 0.338 e. The Balaban J connectivity index is 1.72. The fourth-order valence-corrected chi connectivity index (χ4v) is 3.07. The van der Waals surface area contributed by atoms with Gasteiger partial charge in [0.2, 0.25) is 0 Å². The number of nitrogens with zero attached hydrogens (tertiary/aromatic N) is 3. The van der Waals surface area contributed by atoms with Crippen molar-refractivity contribution in [3.63, 3.8) is 0 Å². The minimum absolute atomic E-state index is 0.0860. The third kappa shape index (κ3) is 4.06. The molecule has 3 rings (SSSR count). The van der Waals surface area contributed by atoms with Gasteiger partial charge in [0.15, 0.2) is 0 Å². The minimum Gasteiger partial charge on any atom is -0.338 e. The lowest BCUT2D eigenvalue weighted by molar-refractivity contribution is 0.0682. The van der Waals surface area contributed by atoms with Gasteiger partial charge in [0.25, 0.3) is 11.8 Å². The van der Waals surface area contributed by atoms with Crippen LogP contribution in [0.3, 0.4) is 0 Å². The lowest BCUT2D eigenvalue weighted by Gasteiger charge is -2.30. The number of carbonyl (C=O) groups excluding carboxylic acids is 2. The average molecular weight is 348 g/mol. The van der Waals surface area contributed by atoms with Crippen molar-refractivity contribution in [3.05, 3.63) is 59.4 Å². The highest BCUT2D eigenvalue weighted by Gasteiger charge is 2.23. The molecule has 6 heteroatoms. The Labute approximate surface area is 152 Å². The summed E-state index contributed by atoms with van der Waals surface area (Å²) in [7, 11) is 0. The number of nitrogens with one attached hydrogen (secondary N) is 1. The Hall–Kier alpha value is -3.20.